The molecule has 0 radical (unpaired) electrons. The Balaban J connectivity index is 1.64. The molecule has 0 aliphatic heterocycles. The van der Waals surface area contributed by atoms with E-state index in [9.17, 15) is 4.79 Å². The topological polar surface area (TPSA) is 61.3 Å². The van der Waals surface area contributed by atoms with Crippen molar-refractivity contribution in [2.24, 2.45) is 0 Å². The molecule has 2 heterocycles. The van der Waals surface area contributed by atoms with Crippen LogP contribution in [-0.2, 0) is 4.74 Å². The van der Waals surface area contributed by atoms with E-state index in [0.717, 1.165) is 26.9 Å². The number of hydrogen-bond acceptors (Lipinski definition) is 6. The summed E-state index contributed by atoms with van der Waals surface area (Å²) < 4.78 is 11.0. The van der Waals surface area contributed by atoms with Gasteiger partial charge in [0.25, 0.3) is 0 Å². The number of rotatable bonds is 5. The van der Waals surface area contributed by atoms with Crippen LogP contribution in [0.4, 0.5) is 0 Å². The molecule has 0 amide bonds. The number of fused-ring (bicyclic) bond motifs is 1. The second-order valence-electron chi connectivity index (χ2n) is 7.03. The van der Waals surface area contributed by atoms with Crippen LogP contribution in [0.2, 0.25) is 0 Å². The van der Waals surface area contributed by atoms with Crippen molar-refractivity contribution >= 4 is 27.5 Å². The number of methoxy groups -OCH3 is 1. The third-order valence-electron chi connectivity index (χ3n) is 5.01. The first-order chi connectivity index (χ1) is 15.7. The highest BCUT2D eigenvalue weighted by atomic mass is 32.1. The van der Waals surface area contributed by atoms with E-state index in [1.54, 1.807) is 35.6 Å². The maximum Gasteiger partial charge on any atom is 0.337 e. The highest BCUT2D eigenvalue weighted by molar-refractivity contribution is 7.17. The zero-order valence-corrected chi connectivity index (χ0v) is 18.0. The second-order valence-corrected chi connectivity index (χ2v) is 7.89. The molecular weight excluding hydrogens is 420 g/mol. The Morgan fingerprint density at radius 3 is 2.12 bits per heavy atom. The molecule has 0 saturated heterocycles. The van der Waals surface area contributed by atoms with Crippen molar-refractivity contribution in [1.29, 1.82) is 0 Å². The molecule has 3 aromatic carbocycles. The number of benzene rings is 3. The number of nitrogens with zero attached hydrogens (tertiary/aromatic N) is 2. The van der Waals surface area contributed by atoms with Gasteiger partial charge in [0.2, 0.25) is 5.88 Å². The van der Waals surface area contributed by atoms with Crippen LogP contribution < -0.4 is 4.74 Å². The first-order valence-electron chi connectivity index (χ1n) is 9.99. The maximum atomic E-state index is 11.7. The molecular formula is C26H18N2O3S. The number of thiophene rings is 1. The standard InChI is InChI=1S/C26H18N2O3S/c1-30-26(29)19-12-14-20(15-13-19)31-24-22-21(17-8-4-2-5-9-17)16-32-25(22)28-23(27-24)18-10-6-3-7-11-18/h2-16H,1H3. The average Bonchev–Trinajstić information content (AvgIpc) is 3.29. The third-order valence-corrected chi connectivity index (χ3v) is 5.88. The number of hydrogen-bond donors (Lipinski definition) is 0. The lowest BCUT2D eigenvalue weighted by molar-refractivity contribution is 0.0600. The van der Waals surface area contributed by atoms with Crippen LogP contribution in [0.15, 0.2) is 90.3 Å². The monoisotopic (exact) mass is 438 g/mol. The van der Waals surface area contributed by atoms with Crippen molar-refractivity contribution in [1.82, 2.24) is 9.97 Å². The SMILES string of the molecule is COC(=O)c1ccc(Oc2nc(-c3ccccc3)nc3scc(-c4ccccc4)c23)cc1. The summed E-state index contributed by atoms with van der Waals surface area (Å²) in [5.74, 6) is 1.25. The van der Waals surface area contributed by atoms with E-state index < -0.39 is 5.97 Å². The lowest BCUT2D eigenvalue weighted by atomic mass is 10.1. The van der Waals surface area contributed by atoms with Crippen LogP contribution in [0.5, 0.6) is 11.6 Å². The molecule has 156 valence electrons. The molecule has 5 rings (SSSR count). The van der Waals surface area contributed by atoms with Crippen LogP contribution >= 0.6 is 11.3 Å². The summed E-state index contributed by atoms with van der Waals surface area (Å²) in [4.78, 5) is 22.2. The molecule has 0 spiro atoms. The Bertz CT molecular complexity index is 1380. The molecule has 0 bridgehead atoms. The van der Waals surface area contributed by atoms with Crippen molar-refractivity contribution in [3.05, 3.63) is 95.9 Å². The summed E-state index contributed by atoms with van der Waals surface area (Å²) in [6.07, 6.45) is 0. The number of carbonyl (C=O) groups excluding carboxylic acids is 1. The zero-order valence-electron chi connectivity index (χ0n) is 17.2. The fourth-order valence-corrected chi connectivity index (χ4v) is 4.36. The Morgan fingerprint density at radius 1 is 0.812 bits per heavy atom. The molecule has 0 atom stereocenters. The quantitative estimate of drug-likeness (QED) is 0.289. The minimum atomic E-state index is -0.392. The number of carbonyl (C=O) groups is 1. The van der Waals surface area contributed by atoms with Gasteiger partial charge in [-0.15, -0.1) is 11.3 Å². The van der Waals surface area contributed by atoms with Gasteiger partial charge in [-0.05, 0) is 29.8 Å². The van der Waals surface area contributed by atoms with E-state index >= 15 is 0 Å². The summed E-state index contributed by atoms with van der Waals surface area (Å²) in [6.45, 7) is 0. The van der Waals surface area contributed by atoms with Crippen molar-refractivity contribution in [2.75, 3.05) is 7.11 Å². The van der Waals surface area contributed by atoms with Gasteiger partial charge in [0.1, 0.15) is 10.6 Å². The molecule has 0 unspecified atom stereocenters. The fourth-order valence-electron chi connectivity index (χ4n) is 3.42. The van der Waals surface area contributed by atoms with E-state index in [1.807, 2.05) is 48.5 Å². The molecule has 0 saturated carbocycles. The summed E-state index contributed by atoms with van der Waals surface area (Å²) in [5, 5.41) is 2.94. The van der Waals surface area contributed by atoms with E-state index in [-0.39, 0.29) is 0 Å². The van der Waals surface area contributed by atoms with Gasteiger partial charge in [0.05, 0.1) is 18.1 Å². The van der Waals surface area contributed by atoms with E-state index in [1.165, 1.54) is 7.11 Å². The highest BCUT2D eigenvalue weighted by Gasteiger charge is 2.18. The number of esters is 1. The Morgan fingerprint density at radius 2 is 1.47 bits per heavy atom. The molecule has 0 aliphatic rings. The first kappa shape index (κ1) is 19.9. The van der Waals surface area contributed by atoms with Crippen LogP contribution in [0.25, 0.3) is 32.7 Å². The number of aromatic nitrogens is 2. The molecule has 6 heteroatoms. The van der Waals surface area contributed by atoms with Gasteiger partial charge in [-0.25, -0.2) is 9.78 Å². The van der Waals surface area contributed by atoms with Crippen molar-refractivity contribution in [3.8, 4) is 34.1 Å². The smallest absolute Gasteiger partial charge is 0.337 e. The molecule has 0 fully saturated rings. The van der Waals surface area contributed by atoms with Gasteiger partial charge in [-0.1, -0.05) is 60.7 Å². The van der Waals surface area contributed by atoms with Crippen molar-refractivity contribution in [3.63, 3.8) is 0 Å². The lowest BCUT2D eigenvalue weighted by Crippen LogP contribution is -2.00. The van der Waals surface area contributed by atoms with Gasteiger partial charge in [0, 0.05) is 16.5 Å². The predicted molar refractivity (Wildman–Crippen MR) is 126 cm³/mol. The van der Waals surface area contributed by atoms with Gasteiger partial charge in [-0.3, -0.25) is 0 Å². The van der Waals surface area contributed by atoms with E-state index in [2.05, 4.69) is 17.5 Å². The Kier molecular flexibility index (Phi) is 5.35. The zero-order chi connectivity index (χ0) is 21.9. The lowest BCUT2D eigenvalue weighted by Gasteiger charge is -2.10. The third kappa shape index (κ3) is 3.84. The molecule has 0 N–H and O–H groups in total. The second kappa shape index (κ2) is 8.61. The molecule has 0 aliphatic carbocycles. The summed E-state index contributed by atoms with van der Waals surface area (Å²) in [6, 6.07) is 26.7. The Hall–Kier alpha value is -4.03. The van der Waals surface area contributed by atoms with Crippen molar-refractivity contribution < 1.29 is 14.3 Å². The first-order valence-corrected chi connectivity index (χ1v) is 10.9. The fraction of sp³-hybridized carbons (Fsp3) is 0.0385. The summed E-state index contributed by atoms with van der Waals surface area (Å²) in [7, 11) is 1.36. The number of ether oxygens (including phenoxy) is 2. The highest BCUT2D eigenvalue weighted by Crippen LogP contribution is 2.40. The average molecular weight is 439 g/mol. The van der Waals surface area contributed by atoms with Crippen LogP contribution in [-0.4, -0.2) is 23.0 Å². The van der Waals surface area contributed by atoms with Crippen LogP contribution in [0.3, 0.4) is 0 Å². The maximum absolute atomic E-state index is 11.7. The molecule has 2 aromatic heterocycles. The molecule has 5 aromatic rings. The van der Waals surface area contributed by atoms with Crippen LogP contribution in [0, 0.1) is 0 Å². The molecule has 32 heavy (non-hydrogen) atoms. The van der Waals surface area contributed by atoms with E-state index in [4.69, 9.17) is 19.4 Å². The summed E-state index contributed by atoms with van der Waals surface area (Å²) >= 11 is 1.56. The van der Waals surface area contributed by atoms with Crippen molar-refractivity contribution in [2.45, 2.75) is 0 Å². The minimum Gasteiger partial charge on any atom is -0.465 e. The molecule has 5 nitrogen and oxygen atoms in total. The van der Waals surface area contributed by atoms with Gasteiger partial charge in [0.15, 0.2) is 5.82 Å². The van der Waals surface area contributed by atoms with E-state index in [0.29, 0.717) is 23.0 Å². The minimum absolute atomic E-state index is 0.392. The van der Waals surface area contributed by atoms with Gasteiger partial charge in [-0.2, -0.15) is 4.98 Å². The predicted octanol–water partition coefficient (Wildman–Crippen LogP) is 6.60. The van der Waals surface area contributed by atoms with Gasteiger partial charge >= 0.3 is 5.97 Å². The normalized spacial score (nSPS) is 10.8. The Labute approximate surface area is 188 Å². The summed E-state index contributed by atoms with van der Waals surface area (Å²) in [5.41, 5.74) is 3.46. The van der Waals surface area contributed by atoms with Gasteiger partial charge < -0.3 is 9.47 Å². The largest absolute Gasteiger partial charge is 0.465 e. The van der Waals surface area contributed by atoms with Crippen LogP contribution in [0.1, 0.15) is 10.4 Å².